The van der Waals surface area contributed by atoms with Crippen molar-refractivity contribution < 1.29 is 23.1 Å². The summed E-state index contributed by atoms with van der Waals surface area (Å²) in [7, 11) is 1.58. The highest BCUT2D eigenvalue weighted by atomic mass is 19.4. The van der Waals surface area contributed by atoms with Gasteiger partial charge in [-0.3, -0.25) is 4.68 Å². The molecule has 2 heterocycles. The van der Waals surface area contributed by atoms with E-state index in [-0.39, 0.29) is 5.69 Å². The molecule has 0 unspecified atom stereocenters. The fourth-order valence-corrected chi connectivity index (χ4v) is 1.40. The molecule has 1 N–H and O–H groups in total. The molecule has 0 aromatic carbocycles. The minimum atomic E-state index is -4.82. The van der Waals surface area contributed by atoms with Crippen LogP contribution in [0.4, 0.5) is 13.2 Å². The van der Waals surface area contributed by atoms with E-state index in [1.165, 1.54) is 17.1 Å². The second kappa shape index (κ2) is 3.86. The van der Waals surface area contributed by atoms with Gasteiger partial charge in [0.05, 0.1) is 12.4 Å². The Kier molecular flexibility index (Phi) is 2.60. The van der Waals surface area contributed by atoms with Gasteiger partial charge in [-0.15, -0.1) is 0 Å². The second-order valence-electron chi connectivity index (χ2n) is 3.51. The van der Waals surface area contributed by atoms with Crippen molar-refractivity contribution in [2.24, 2.45) is 7.05 Å². The van der Waals surface area contributed by atoms with E-state index < -0.39 is 23.4 Å². The molecule has 0 atom stereocenters. The quantitative estimate of drug-likeness (QED) is 0.883. The van der Waals surface area contributed by atoms with E-state index in [0.717, 1.165) is 10.9 Å². The Morgan fingerprint density at radius 2 is 2.06 bits per heavy atom. The molecule has 0 fully saturated rings. The summed E-state index contributed by atoms with van der Waals surface area (Å²) >= 11 is 0. The highest BCUT2D eigenvalue weighted by Crippen LogP contribution is 2.31. The van der Waals surface area contributed by atoms with Crippen LogP contribution in [0.15, 0.2) is 18.6 Å². The van der Waals surface area contributed by atoms with E-state index >= 15 is 0 Å². The number of halogens is 3. The van der Waals surface area contributed by atoms with Crippen molar-refractivity contribution in [3.63, 3.8) is 0 Å². The fourth-order valence-electron chi connectivity index (χ4n) is 1.40. The van der Waals surface area contributed by atoms with Crippen molar-refractivity contribution in [1.82, 2.24) is 19.6 Å². The lowest BCUT2D eigenvalue weighted by molar-refractivity contribution is -0.141. The van der Waals surface area contributed by atoms with E-state index in [0.29, 0.717) is 0 Å². The summed E-state index contributed by atoms with van der Waals surface area (Å²) < 4.78 is 39.9. The molecule has 0 saturated carbocycles. The van der Waals surface area contributed by atoms with Gasteiger partial charge >= 0.3 is 12.1 Å². The van der Waals surface area contributed by atoms with E-state index in [2.05, 4.69) is 10.2 Å². The van der Waals surface area contributed by atoms with E-state index in [9.17, 15) is 18.0 Å². The van der Waals surface area contributed by atoms with Gasteiger partial charge < -0.3 is 5.11 Å². The highest BCUT2D eigenvalue weighted by molar-refractivity contribution is 5.89. The topological polar surface area (TPSA) is 72.9 Å². The van der Waals surface area contributed by atoms with Gasteiger partial charge in [0, 0.05) is 13.2 Å². The van der Waals surface area contributed by atoms with Gasteiger partial charge in [-0.2, -0.15) is 23.4 Å². The number of aromatic nitrogens is 4. The van der Waals surface area contributed by atoms with Gasteiger partial charge in [0.15, 0.2) is 5.69 Å². The number of rotatable bonds is 2. The van der Waals surface area contributed by atoms with Crippen LogP contribution in [0, 0.1) is 0 Å². The Labute approximate surface area is 98.3 Å². The minimum Gasteiger partial charge on any atom is -0.478 e. The summed E-state index contributed by atoms with van der Waals surface area (Å²) in [6.07, 6.45) is -1.32. The Morgan fingerprint density at radius 1 is 1.39 bits per heavy atom. The number of carboxylic acids is 1. The molecule has 0 aliphatic heterocycles. The summed E-state index contributed by atoms with van der Waals surface area (Å²) in [6, 6.07) is 0. The van der Waals surface area contributed by atoms with Crippen molar-refractivity contribution in [3.8, 4) is 5.69 Å². The standard InChI is InChI=1S/C9H7F3N4O2/c1-15-3-5(2-13-15)16-4-6(8(17)18)7(14-16)9(10,11)12/h2-4H,1H3,(H,17,18). The Hall–Kier alpha value is -2.32. The van der Waals surface area contributed by atoms with Crippen molar-refractivity contribution in [2.75, 3.05) is 0 Å². The zero-order valence-corrected chi connectivity index (χ0v) is 9.01. The van der Waals surface area contributed by atoms with Gasteiger partial charge in [-0.25, -0.2) is 9.48 Å². The third-order valence-corrected chi connectivity index (χ3v) is 2.17. The third kappa shape index (κ3) is 2.06. The van der Waals surface area contributed by atoms with Crippen LogP contribution >= 0.6 is 0 Å². The molecular formula is C9H7F3N4O2. The number of nitrogens with zero attached hydrogens (tertiary/aromatic N) is 4. The molecule has 96 valence electrons. The SMILES string of the molecule is Cn1cc(-n2cc(C(=O)O)c(C(F)(F)F)n2)cn1. The maximum absolute atomic E-state index is 12.6. The first kappa shape index (κ1) is 12.1. The smallest absolute Gasteiger partial charge is 0.436 e. The summed E-state index contributed by atoms with van der Waals surface area (Å²) in [6.45, 7) is 0. The first-order valence-electron chi connectivity index (χ1n) is 4.68. The molecule has 9 heteroatoms. The molecule has 0 amide bonds. The molecule has 0 aliphatic rings. The van der Waals surface area contributed by atoms with Crippen molar-refractivity contribution in [3.05, 3.63) is 29.8 Å². The van der Waals surface area contributed by atoms with Crippen LogP contribution < -0.4 is 0 Å². The lowest BCUT2D eigenvalue weighted by atomic mass is 10.2. The molecule has 2 aromatic rings. The van der Waals surface area contributed by atoms with Crippen molar-refractivity contribution in [1.29, 1.82) is 0 Å². The average Bonchev–Trinajstić information content (AvgIpc) is 2.81. The lowest BCUT2D eigenvalue weighted by Crippen LogP contribution is -2.12. The maximum Gasteiger partial charge on any atom is 0.436 e. The molecule has 0 spiro atoms. The number of aryl methyl sites for hydroxylation is 1. The predicted molar refractivity (Wildman–Crippen MR) is 52.3 cm³/mol. The summed E-state index contributed by atoms with van der Waals surface area (Å²) in [5.74, 6) is -1.68. The van der Waals surface area contributed by atoms with Gasteiger partial charge in [0.25, 0.3) is 0 Å². The Balaban J connectivity index is 2.56. The molecule has 2 rings (SSSR count). The number of hydrogen-bond donors (Lipinski definition) is 1. The normalized spacial score (nSPS) is 11.8. The molecule has 18 heavy (non-hydrogen) atoms. The lowest BCUT2D eigenvalue weighted by Gasteiger charge is -2.02. The molecule has 2 aromatic heterocycles. The van der Waals surface area contributed by atoms with E-state index in [4.69, 9.17) is 5.11 Å². The predicted octanol–water partition coefficient (Wildman–Crippen LogP) is 1.32. The van der Waals surface area contributed by atoms with Gasteiger partial charge in [-0.1, -0.05) is 0 Å². The zero-order chi connectivity index (χ0) is 13.5. The monoisotopic (exact) mass is 260 g/mol. The van der Waals surface area contributed by atoms with Crippen LogP contribution in [0.1, 0.15) is 16.1 Å². The molecule has 6 nitrogen and oxygen atoms in total. The number of carboxylic acid groups (broad SMARTS) is 1. The molecule has 0 saturated heterocycles. The number of hydrogen-bond acceptors (Lipinski definition) is 3. The van der Waals surface area contributed by atoms with Gasteiger partial charge in [0.1, 0.15) is 11.3 Å². The average molecular weight is 260 g/mol. The third-order valence-electron chi connectivity index (χ3n) is 2.17. The van der Waals surface area contributed by atoms with Gasteiger partial charge in [-0.05, 0) is 0 Å². The van der Waals surface area contributed by atoms with Crippen LogP contribution in [0.25, 0.3) is 5.69 Å². The maximum atomic E-state index is 12.6. The van der Waals surface area contributed by atoms with Crippen LogP contribution in [-0.2, 0) is 13.2 Å². The first-order chi connectivity index (χ1) is 8.29. The number of alkyl halides is 3. The van der Waals surface area contributed by atoms with Crippen LogP contribution in [0.3, 0.4) is 0 Å². The van der Waals surface area contributed by atoms with Crippen molar-refractivity contribution >= 4 is 5.97 Å². The van der Waals surface area contributed by atoms with Crippen molar-refractivity contribution in [2.45, 2.75) is 6.18 Å². The fraction of sp³-hybridized carbons (Fsp3) is 0.222. The zero-order valence-electron chi connectivity index (χ0n) is 9.01. The molecule has 0 radical (unpaired) electrons. The van der Waals surface area contributed by atoms with Crippen LogP contribution in [0.5, 0.6) is 0 Å². The Morgan fingerprint density at radius 3 is 2.44 bits per heavy atom. The number of carbonyl (C=O) groups is 1. The summed E-state index contributed by atoms with van der Waals surface area (Å²) in [5, 5.41) is 15.7. The molecule has 0 aliphatic carbocycles. The first-order valence-corrected chi connectivity index (χ1v) is 4.68. The molecular weight excluding hydrogens is 253 g/mol. The van der Waals surface area contributed by atoms with Gasteiger partial charge in [0.2, 0.25) is 0 Å². The van der Waals surface area contributed by atoms with Crippen LogP contribution in [0.2, 0.25) is 0 Å². The summed E-state index contributed by atoms with van der Waals surface area (Å²) in [4.78, 5) is 10.7. The van der Waals surface area contributed by atoms with Crippen LogP contribution in [-0.4, -0.2) is 30.6 Å². The number of aromatic carboxylic acids is 1. The van der Waals surface area contributed by atoms with E-state index in [1.54, 1.807) is 7.05 Å². The largest absolute Gasteiger partial charge is 0.478 e. The van der Waals surface area contributed by atoms with E-state index in [1.807, 2.05) is 0 Å². The Bertz CT molecular complexity index is 599. The minimum absolute atomic E-state index is 0.246. The molecule has 0 bridgehead atoms. The second-order valence-corrected chi connectivity index (χ2v) is 3.51. The summed E-state index contributed by atoms with van der Waals surface area (Å²) in [5.41, 5.74) is -2.08. The highest BCUT2D eigenvalue weighted by Gasteiger charge is 2.39.